The highest BCUT2D eigenvalue weighted by atomic mass is 16.7. The number of piperidine rings is 1. The van der Waals surface area contributed by atoms with E-state index in [-0.39, 0.29) is 5.91 Å². The van der Waals surface area contributed by atoms with Gasteiger partial charge in [-0.05, 0) is 30.2 Å². The van der Waals surface area contributed by atoms with E-state index in [0.717, 1.165) is 25.2 Å². The number of amides is 1. The van der Waals surface area contributed by atoms with Crippen LogP contribution < -0.4 is 14.2 Å². The van der Waals surface area contributed by atoms with Crippen molar-refractivity contribution in [2.45, 2.75) is 25.0 Å². The van der Waals surface area contributed by atoms with E-state index in [2.05, 4.69) is 0 Å². The first-order valence-electron chi connectivity index (χ1n) is 9.16. The lowest BCUT2D eigenvalue weighted by Gasteiger charge is -2.43. The number of benzene rings is 1. The zero-order chi connectivity index (χ0) is 19.3. The standard InChI is InChI=1S/C20H27NO6/c1-23-16-13-15(14-17(24-2)19(16)25-3)5-6-18(22)21-9-7-20(8-10-21)26-11-4-12-27-20/h5-6,13-14H,4,7-12H2,1-3H3/b6-5+. The maximum Gasteiger partial charge on any atom is 0.246 e. The second kappa shape index (κ2) is 8.63. The predicted octanol–water partition coefficient (Wildman–Crippen LogP) is 2.48. The molecule has 0 N–H and O–H groups in total. The van der Waals surface area contributed by atoms with Crippen molar-refractivity contribution in [2.24, 2.45) is 0 Å². The van der Waals surface area contributed by atoms with Gasteiger partial charge < -0.3 is 28.6 Å². The van der Waals surface area contributed by atoms with Crippen molar-refractivity contribution in [3.05, 3.63) is 23.8 Å². The Hall–Kier alpha value is -2.25. The van der Waals surface area contributed by atoms with Crippen LogP contribution in [0.1, 0.15) is 24.8 Å². The van der Waals surface area contributed by atoms with E-state index >= 15 is 0 Å². The van der Waals surface area contributed by atoms with Crippen LogP contribution >= 0.6 is 0 Å². The lowest BCUT2D eigenvalue weighted by Crippen LogP contribution is -2.51. The molecule has 3 rings (SSSR count). The van der Waals surface area contributed by atoms with Crippen LogP contribution in [0.5, 0.6) is 17.2 Å². The van der Waals surface area contributed by atoms with Crippen LogP contribution in [0.2, 0.25) is 0 Å². The zero-order valence-electron chi connectivity index (χ0n) is 16.2. The molecule has 0 saturated carbocycles. The summed E-state index contributed by atoms with van der Waals surface area (Å²) >= 11 is 0. The fraction of sp³-hybridized carbons (Fsp3) is 0.550. The highest BCUT2D eigenvalue weighted by molar-refractivity contribution is 5.92. The zero-order valence-corrected chi connectivity index (χ0v) is 16.2. The van der Waals surface area contributed by atoms with Crippen LogP contribution in [0.3, 0.4) is 0 Å². The molecule has 2 fully saturated rings. The minimum atomic E-state index is -0.491. The molecule has 0 atom stereocenters. The summed E-state index contributed by atoms with van der Waals surface area (Å²) in [7, 11) is 4.69. The normalized spacial score (nSPS) is 19.3. The van der Waals surface area contributed by atoms with Crippen LogP contribution in [0, 0.1) is 0 Å². The quantitative estimate of drug-likeness (QED) is 0.735. The predicted molar refractivity (Wildman–Crippen MR) is 100 cm³/mol. The van der Waals surface area contributed by atoms with E-state index in [4.69, 9.17) is 23.7 Å². The average Bonchev–Trinajstić information content (AvgIpc) is 2.72. The molecule has 0 bridgehead atoms. The van der Waals surface area contributed by atoms with Crippen molar-refractivity contribution < 1.29 is 28.5 Å². The van der Waals surface area contributed by atoms with Gasteiger partial charge in [0.05, 0.1) is 34.5 Å². The maximum atomic E-state index is 12.5. The van der Waals surface area contributed by atoms with Crippen molar-refractivity contribution in [3.63, 3.8) is 0 Å². The molecule has 2 saturated heterocycles. The van der Waals surface area contributed by atoms with Gasteiger partial charge in [-0.25, -0.2) is 0 Å². The third kappa shape index (κ3) is 4.36. The van der Waals surface area contributed by atoms with Gasteiger partial charge in [0.15, 0.2) is 17.3 Å². The number of methoxy groups -OCH3 is 3. The first-order chi connectivity index (χ1) is 13.1. The van der Waals surface area contributed by atoms with Gasteiger partial charge in [-0.1, -0.05) is 0 Å². The molecule has 2 heterocycles. The molecule has 0 radical (unpaired) electrons. The number of likely N-dealkylation sites (tertiary alicyclic amines) is 1. The van der Waals surface area contributed by atoms with Crippen LogP contribution in [-0.2, 0) is 14.3 Å². The van der Waals surface area contributed by atoms with E-state index in [1.165, 1.54) is 0 Å². The van der Waals surface area contributed by atoms with Crippen LogP contribution in [0.25, 0.3) is 6.08 Å². The summed E-state index contributed by atoms with van der Waals surface area (Å²) < 4.78 is 27.6. The van der Waals surface area contributed by atoms with E-state index in [1.54, 1.807) is 45.6 Å². The van der Waals surface area contributed by atoms with Crippen molar-refractivity contribution >= 4 is 12.0 Å². The lowest BCUT2D eigenvalue weighted by molar-refractivity contribution is -0.282. The third-order valence-corrected chi connectivity index (χ3v) is 4.96. The number of hydrogen-bond donors (Lipinski definition) is 0. The minimum Gasteiger partial charge on any atom is -0.493 e. The molecule has 7 nitrogen and oxygen atoms in total. The summed E-state index contributed by atoms with van der Waals surface area (Å²) in [5.74, 6) is 1.10. The van der Waals surface area contributed by atoms with Gasteiger partial charge in [-0.15, -0.1) is 0 Å². The molecule has 0 aromatic heterocycles. The van der Waals surface area contributed by atoms with Gasteiger partial charge in [0.2, 0.25) is 11.7 Å². The van der Waals surface area contributed by atoms with E-state index in [0.29, 0.717) is 43.2 Å². The highest BCUT2D eigenvalue weighted by Crippen LogP contribution is 2.38. The van der Waals surface area contributed by atoms with Crippen molar-refractivity contribution in [2.75, 3.05) is 47.6 Å². The number of hydrogen-bond acceptors (Lipinski definition) is 6. The molecule has 1 aromatic rings. The van der Waals surface area contributed by atoms with Gasteiger partial charge in [-0.2, -0.15) is 0 Å². The maximum absolute atomic E-state index is 12.5. The molecule has 1 spiro atoms. The Morgan fingerprint density at radius 3 is 2.15 bits per heavy atom. The third-order valence-electron chi connectivity index (χ3n) is 4.96. The van der Waals surface area contributed by atoms with Crippen LogP contribution in [0.15, 0.2) is 18.2 Å². The Labute approximate surface area is 159 Å². The van der Waals surface area contributed by atoms with Gasteiger partial charge in [0.25, 0.3) is 0 Å². The fourth-order valence-electron chi connectivity index (χ4n) is 3.44. The van der Waals surface area contributed by atoms with Gasteiger partial charge in [-0.3, -0.25) is 4.79 Å². The summed E-state index contributed by atoms with van der Waals surface area (Å²) in [6.45, 7) is 2.71. The molecular formula is C20H27NO6. The molecule has 7 heteroatoms. The second-order valence-corrected chi connectivity index (χ2v) is 6.58. The van der Waals surface area contributed by atoms with Crippen LogP contribution in [0.4, 0.5) is 0 Å². The van der Waals surface area contributed by atoms with Crippen molar-refractivity contribution in [1.82, 2.24) is 4.90 Å². The Balaban J connectivity index is 1.65. The van der Waals surface area contributed by atoms with Crippen molar-refractivity contribution in [1.29, 1.82) is 0 Å². The molecule has 27 heavy (non-hydrogen) atoms. The second-order valence-electron chi connectivity index (χ2n) is 6.58. The van der Waals surface area contributed by atoms with Crippen LogP contribution in [-0.4, -0.2) is 64.2 Å². The van der Waals surface area contributed by atoms with Gasteiger partial charge in [0.1, 0.15) is 0 Å². The topological polar surface area (TPSA) is 66.5 Å². The molecule has 0 unspecified atom stereocenters. The number of rotatable bonds is 5. The average molecular weight is 377 g/mol. The number of carbonyl (C=O) groups excluding carboxylic acids is 1. The van der Waals surface area contributed by atoms with E-state index < -0.39 is 5.79 Å². The summed E-state index contributed by atoms with van der Waals surface area (Å²) in [4.78, 5) is 14.4. The smallest absolute Gasteiger partial charge is 0.246 e. The Morgan fingerprint density at radius 1 is 1.04 bits per heavy atom. The van der Waals surface area contributed by atoms with E-state index in [1.807, 2.05) is 4.90 Å². The van der Waals surface area contributed by atoms with Gasteiger partial charge in [0, 0.05) is 32.0 Å². The Morgan fingerprint density at radius 2 is 1.63 bits per heavy atom. The number of nitrogens with zero attached hydrogens (tertiary/aromatic N) is 1. The lowest BCUT2D eigenvalue weighted by atomic mass is 10.0. The molecule has 148 valence electrons. The molecule has 2 aliphatic rings. The minimum absolute atomic E-state index is 0.0330. The first-order valence-corrected chi connectivity index (χ1v) is 9.16. The largest absolute Gasteiger partial charge is 0.493 e. The molecule has 0 aliphatic carbocycles. The van der Waals surface area contributed by atoms with Gasteiger partial charge >= 0.3 is 0 Å². The fourth-order valence-corrected chi connectivity index (χ4v) is 3.44. The molecule has 2 aliphatic heterocycles. The molecule has 1 amide bonds. The summed E-state index contributed by atoms with van der Waals surface area (Å²) in [6, 6.07) is 3.61. The summed E-state index contributed by atoms with van der Waals surface area (Å²) in [5.41, 5.74) is 0.797. The number of ether oxygens (including phenoxy) is 5. The highest BCUT2D eigenvalue weighted by Gasteiger charge is 2.39. The summed E-state index contributed by atoms with van der Waals surface area (Å²) in [6.07, 6.45) is 5.67. The number of carbonyl (C=O) groups is 1. The summed E-state index contributed by atoms with van der Waals surface area (Å²) in [5, 5.41) is 0. The van der Waals surface area contributed by atoms with E-state index in [9.17, 15) is 4.79 Å². The molecule has 1 aromatic carbocycles. The Bertz CT molecular complexity index is 661. The Kier molecular flexibility index (Phi) is 6.23. The monoisotopic (exact) mass is 377 g/mol. The first kappa shape index (κ1) is 19.5. The SMILES string of the molecule is COc1cc(/C=C/C(=O)N2CCC3(CC2)OCCCO3)cc(OC)c1OC. The van der Waals surface area contributed by atoms with Crippen molar-refractivity contribution in [3.8, 4) is 17.2 Å². The molecular weight excluding hydrogens is 350 g/mol.